The molecule has 4 aromatic carbocycles. The predicted molar refractivity (Wildman–Crippen MR) is 137 cm³/mol. The number of carbonyl (C=O) groups is 2. The molecule has 0 saturated carbocycles. The Kier molecular flexibility index (Phi) is 6.10. The van der Waals surface area contributed by atoms with Crippen LogP contribution in [0.2, 0.25) is 0 Å². The van der Waals surface area contributed by atoms with E-state index in [0.29, 0.717) is 12.4 Å². The van der Waals surface area contributed by atoms with Crippen LogP contribution in [-0.2, 0) is 16.4 Å². The second-order valence-corrected chi connectivity index (χ2v) is 10.7. The smallest absolute Gasteiger partial charge is 0.253 e. The van der Waals surface area contributed by atoms with Crippen LogP contribution in [0.1, 0.15) is 45.2 Å². The first kappa shape index (κ1) is 23.8. The number of hydrogen-bond acceptors (Lipinski definition) is 5. The topological polar surface area (TPSA) is 80.8 Å². The van der Waals surface area contributed by atoms with Gasteiger partial charge in [0.25, 0.3) is 5.91 Å². The lowest BCUT2D eigenvalue weighted by Crippen LogP contribution is -2.27. The summed E-state index contributed by atoms with van der Waals surface area (Å²) in [5.41, 5.74) is 1.31. The van der Waals surface area contributed by atoms with Crippen molar-refractivity contribution in [2.45, 2.75) is 29.7 Å². The van der Waals surface area contributed by atoms with Crippen LogP contribution in [0, 0.1) is 0 Å². The zero-order valence-corrected chi connectivity index (χ0v) is 20.8. The number of nitrogens with zero attached hydrogens (tertiary/aromatic N) is 1. The Morgan fingerprint density at radius 3 is 2.42 bits per heavy atom. The highest BCUT2D eigenvalue weighted by Crippen LogP contribution is 2.35. The van der Waals surface area contributed by atoms with E-state index in [4.69, 9.17) is 4.74 Å². The number of benzene rings is 4. The van der Waals surface area contributed by atoms with Gasteiger partial charge in [-0.3, -0.25) is 9.59 Å². The number of hydrogen-bond donors (Lipinski definition) is 0. The summed E-state index contributed by atoms with van der Waals surface area (Å²) in [5, 5.41) is 2.02. The average Bonchev–Trinajstić information content (AvgIpc) is 2.90. The molecule has 0 N–H and O–H groups in total. The molecule has 0 aliphatic carbocycles. The van der Waals surface area contributed by atoms with E-state index in [0.717, 1.165) is 22.8 Å². The van der Waals surface area contributed by atoms with Gasteiger partial charge in [0, 0.05) is 35.8 Å². The van der Waals surface area contributed by atoms with E-state index in [1.165, 1.54) is 35.2 Å². The fraction of sp³-hybridized carbons (Fsp3) is 0.172. The van der Waals surface area contributed by atoms with Crippen molar-refractivity contribution in [2.24, 2.45) is 0 Å². The van der Waals surface area contributed by atoms with Crippen LogP contribution in [0.15, 0.2) is 88.7 Å². The molecule has 36 heavy (non-hydrogen) atoms. The van der Waals surface area contributed by atoms with E-state index >= 15 is 0 Å². The molecule has 0 atom stereocenters. The molecular formula is C29H25NO5S. The lowest BCUT2D eigenvalue weighted by atomic mass is 10.0. The minimum absolute atomic E-state index is 0.0334. The van der Waals surface area contributed by atoms with Gasteiger partial charge in [0.2, 0.25) is 9.84 Å². The van der Waals surface area contributed by atoms with E-state index in [2.05, 4.69) is 0 Å². The molecule has 0 aromatic heterocycles. The summed E-state index contributed by atoms with van der Waals surface area (Å²) in [5.74, 6) is -0.00430. The lowest BCUT2D eigenvalue weighted by Gasteiger charge is -2.23. The number of fused-ring (bicyclic) bond motifs is 3. The largest absolute Gasteiger partial charge is 0.493 e. The third-order valence-electron chi connectivity index (χ3n) is 6.39. The molecule has 0 unspecified atom stereocenters. The maximum Gasteiger partial charge on any atom is 0.253 e. The van der Waals surface area contributed by atoms with Crippen molar-refractivity contribution in [1.82, 2.24) is 4.90 Å². The van der Waals surface area contributed by atoms with E-state index < -0.39 is 9.84 Å². The van der Waals surface area contributed by atoms with Gasteiger partial charge in [-0.2, -0.15) is 0 Å². The van der Waals surface area contributed by atoms with Crippen molar-refractivity contribution in [3.05, 3.63) is 101 Å². The highest BCUT2D eigenvalue weighted by molar-refractivity contribution is 7.91. The highest BCUT2D eigenvalue weighted by Gasteiger charge is 2.35. The van der Waals surface area contributed by atoms with Gasteiger partial charge in [0.1, 0.15) is 5.75 Å². The Balaban J connectivity index is 1.50. The summed E-state index contributed by atoms with van der Waals surface area (Å²) in [6.45, 7) is 2.86. The zero-order chi connectivity index (χ0) is 25.4. The van der Waals surface area contributed by atoms with Crippen molar-refractivity contribution in [3.63, 3.8) is 0 Å². The summed E-state index contributed by atoms with van der Waals surface area (Å²) < 4.78 is 32.5. The van der Waals surface area contributed by atoms with Crippen molar-refractivity contribution < 1.29 is 22.7 Å². The van der Waals surface area contributed by atoms with Crippen LogP contribution < -0.4 is 4.74 Å². The van der Waals surface area contributed by atoms with E-state index in [1.807, 2.05) is 43.3 Å². The molecule has 0 fully saturated rings. The van der Waals surface area contributed by atoms with Gasteiger partial charge < -0.3 is 9.64 Å². The number of ether oxygens (including phenoxy) is 1. The van der Waals surface area contributed by atoms with E-state index in [1.54, 1.807) is 19.2 Å². The van der Waals surface area contributed by atoms with Gasteiger partial charge in [-0.15, -0.1) is 0 Å². The van der Waals surface area contributed by atoms with Gasteiger partial charge in [0.15, 0.2) is 5.78 Å². The third kappa shape index (κ3) is 3.95. The molecule has 0 saturated heterocycles. The first-order chi connectivity index (χ1) is 17.3. The predicted octanol–water partition coefficient (Wildman–Crippen LogP) is 5.28. The van der Waals surface area contributed by atoms with Gasteiger partial charge in [0.05, 0.1) is 16.4 Å². The second kappa shape index (κ2) is 9.24. The van der Waals surface area contributed by atoms with E-state index in [-0.39, 0.29) is 44.7 Å². The minimum Gasteiger partial charge on any atom is -0.493 e. The van der Waals surface area contributed by atoms with Crippen LogP contribution in [0.25, 0.3) is 10.8 Å². The maximum atomic E-state index is 13.4. The van der Waals surface area contributed by atoms with E-state index in [9.17, 15) is 18.0 Å². The van der Waals surface area contributed by atoms with Crippen LogP contribution in [0.4, 0.5) is 0 Å². The van der Waals surface area contributed by atoms with Crippen molar-refractivity contribution >= 4 is 32.3 Å². The quantitative estimate of drug-likeness (QED) is 0.318. The van der Waals surface area contributed by atoms with Crippen molar-refractivity contribution in [2.75, 3.05) is 13.7 Å². The Morgan fingerprint density at radius 1 is 0.889 bits per heavy atom. The SMILES string of the molecule is CCCOc1ccc2ccccc2c1CN(C)C(=O)c1ccc2c(c1)S(=O)(=O)c1ccccc1C2=O. The molecule has 5 rings (SSSR count). The number of amides is 1. The first-order valence-electron chi connectivity index (χ1n) is 11.7. The van der Waals surface area contributed by atoms with Crippen molar-refractivity contribution in [1.29, 1.82) is 0 Å². The molecule has 7 heteroatoms. The summed E-state index contributed by atoms with van der Waals surface area (Å²) in [4.78, 5) is 27.7. The minimum atomic E-state index is -3.93. The molecule has 6 nitrogen and oxygen atoms in total. The maximum absolute atomic E-state index is 13.4. The fourth-order valence-electron chi connectivity index (χ4n) is 4.57. The molecule has 182 valence electrons. The monoisotopic (exact) mass is 499 g/mol. The Morgan fingerprint density at radius 2 is 1.61 bits per heavy atom. The Labute approximate surface area is 210 Å². The summed E-state index contributed by atoms with van der Waals surface area (Å²) in [7, 11) is -2.26. The molecule has 1 aliphatic heterocycles. The second-order valence-electron chi connectivity index (χ2n) is 8.81. The molecular weight excluding hydrogens is 474 g/mol. The molecule has 0 spiro atoms. The highest BCUT2D eigenvalue weighted by atomic mass is 32.2. The fourth-order valence-corrected chi connectivity index (χ4v) is 6.25. The Bertz CT molecular complexity index is 1620. The van der Waals surface area contributed by atoms with Crippen LogP contribution in [-0.4, -0.2) is 38.7 Å². The number of sulfone groups is 1. The summed E-state index contributed by atoms with van der Waals surface area (Å²) >= 11 is 0. The normalized spacial score (nSPS) is 13.7. The Hall–Kier alpha value is -3.97. The lowest BCUT2D eigenvalue weighted by molar-refractivity contribution is 0.0783. The van der Waals surface area contributed by atoms with Gasteiger partial charge >= 0.3 is 0 Å². The third-order valence-corrected chi connectivity index (χ3v) is 8.24. The van der Waals surface area contributed by atoms with Gasteiger partial charge in [-0.05, 0) is 53.6 Å². The van der Waals surface area contributed by atoms with Crippen LogP contribution in [0.3, 0.4) is 0 Å². The molecule has 1 aliphatic rings. The molecule has 1 heterocycles. The molecule has 0 bridgehead atoms. The summed E-state index contributed by atoms with van der Waals surface area (Å²) in [6, 6.07) is 22.2. The van der Waals surface area contributed by atoms with Gasteiger partial charge in [-0.1, -0.05) is 49.4 Å². The summed E-state index contributed by atoms with van der Waals surface area (Å²) in [6.07, 6.45) is 0.854. The standard InChI is InChI=1S/C29H25NO5S/c1-3-16-35-25-15-13-19-8-4-5-9-21(19)24(25)18-30(2)29(32)20-12-14-23-27(17-20)36(33,34)26-11-7-6-10-22(26)28(23)31/h4-15,17H,3,16,18H2,1-2H3. The van der Waals surface area contributed by atoms with Crippen molar-refractivity contribution in [3.8, 4) is 5.75 Å². The average molecular weight is 500 g/mol. The molecule has 0 radical (unpaired) electrons. The van der Waals surface area contributed by atoms with Crippen LogP contribution >= 0.6 is 0 Å². The van der Waals surface area contributed by atoms with Crippen LogP contribution in [0.5, 0.6) is 5.75 Å². The van der Waals surface area contributed by atoms with Gasteiger partial charge in [-0.25, -0.2) is 8.42 Å². The molecule has 1 amide bonds. The zero-order valence-electron chi connectivity index (χ0n) is 20.0. The molecule has 4 aromatic rings. The number of carbonyl (C=O) groups excluding carboxylic acids is 2. The number of rotatable bonds is 6. The number of ketones is 1. The first-order valence-corrected chi connectivity index (χ1v) is 13.2.